The Hall–Kier alpha value is -0.770. The third-order valence-corrected chi connectivity index (χ3v) is 3.86. The van der Waals surface area contributed by atoms with E-state index < -0.39 is 0 Å². The maximum atomic E-state index is 11.9. The highest BCUT2D eigenvalue weighted by molar-refractivity contribution is 6.35. The van der Waals surface area contributed by atoms with E-state index in [1.807, 2.05) is 19.1 Å². The van der Waals surface area contributed by atoms with E-state index in [0.29, 0.717) is 22.5 Å². The Morgan fingerprint density at radius 2 is 1.90 bits per heavy atom. The number of benzene rings is 1. The van der Waals surface area contributed by atoms with E-state index in [-0.39, 0.29) is 11.9 Å². The summed E-state index contributed by atoms with van der Waals surface area (Å²) in [7, 11) is 0. The molecule has 1 unspecified atom stereocenters. The second-order valence-corrected chi connectivity index (χ2v) is 6.48. The zero-order valence-electron chi connectivity index (χ0n) is 12.9. The molecule has 0 aromatic heterocycles. The van der Waals surface area contributed by atoms with Gasteiger partial charge in [-0.25, -0.2) is 0 Å². The molecule has 0 heterocycles. The standard InChI is InChI=1S/C16H24Cl2N2O/c1-11(2)6-8-20-16(21)12(3)19-9-7-13-4-5-14(17)10-15(13)18/h4-5,10-12,19H,6-9H2,1-3H3,(H,20,21). The van der Waals surface area contributed by atoms with Crippen molar-refractivity contribution in [1.29, 1.82) is 0 Å². The van der Waals surface area contributed by atoms with Crippen molar-refractivity contribution < 1.29 is 4.79 Å². The summed E-state index contributed by atoms with van der Waals surface area (Å²) in [5, 5.41) is 7.44. The summed E-state index contributed by atoms with van der Waals surface area (Å²) in [6.45, 7) is 7.58. The molecule has 1 amide bonds. The van der Waals surface area contributed by atoms with Crippen LogP contribution in [0.4, 0.5) is 0 Å². The van der Waals surface area contributed by atoms with Crippen molar-refractivity contribution in [3.63, 3.8) is 0 Å². The largest absolute Gasteiger partial charge is 0.355 e. The van der Waals surface area contributed by atoms with Gasteiger partial charge in [-0.3, -0.25) is 4.79 Å². The highest BCUT2D eigenvalue weighted by Gasteiger charge is 2.11. The van der Waals surface area contributed by atoms with Crippen LogP contribution in [0.2, 0.25) is 10.0 Å². The average molecular weight is 331 g/mol. The molecule has 118 valence electrons. The predicted molar refractivity (Wildman–Crippen MR) is 90.1 cm³/mol. The molecule has 0 aliphatic carbocycles. The molecule has 1 atom stereocenters. The number of halogens is 2. The van der Waals surface area contributed by atoms with Gasteiger partial charge in [-0.1, -0.05) is 43.1 Å². The monoisotopic (exact) mass is 330 g/mol. The van der Waals surface area contributed by atoms with Gasteiger partial charge in [-0.05, 0) is 49.9 Å². The molecule has 0 aliphatic rings. The van der Waals surface area contributed by atoms with Gasteiger partial charge in [0, 0.05) is 16.6 Å². The van der Waals surface area contributed by atoms with Crippen LogP contribution in [0.3, 0.4) is 0 Å². The lowest BCUT2D eigenvalue weighted by atomic mass is 10.1. The summed E-state index contributed by atoms with van der Waals surface area (Å²) in [5.74, 6) is 0.637. The molecule has 1 aromatic rings. The molecule has 2 N–H and O–H groups in total. The van der Waals surface area contributed by atoms with Crippen molar-refractivity contribution in [2.24, 2.45) is 5.92 Å². The van der Waals surface area contributed by atoms with Crippen LogP contribution in [-0.2, 0) is 11.2 Å². The van der Waals surface area contributed by atoms with E-state index in [4.69, 9.17) is 23.2 Å². The first-order valence-electron chi connectivity index (χ1n) is 7.35. The molecule has 5 heteroatoms. The van der Waals surface area contributed by atoms with E-state index in [9.17, 15) is 4.79 Å². The summed E-state index contributed by atoms with van der Waals surface area (Å²) in [6.07, 6.45) is 1.76. The molecule has 0 fully saturated rings. The second kappa shape index (κ2) is 9.29. The minimum atomic E-state index is -0.205. The smallest absolute Gasteiger partial charge is 0.236 e. The maximum Gasteiger partial charge on any atom is 0.236 e. The minimum Gasteiger partial charge on any atom is -0.355 e. The number of nitrogens with one attached hydrogen (secondary N) is 2. The topological polar surface area (TPSA) is 41.1 Å². The first-order valence-corrected chi connectivity index (χ1v) is 8.10. The number of carbonyl (C=O) groups is 1. The Labute approximate surface area is 137 Å². The van der Waals surface area contributed by atoms with Gasteiger partial charge in [0.15, 0.2) is 0 Å². The minimum absolute atomic E-state index is 0.0397. The quantitative estimate of drug-likeness (QED) is 0.763. The zero-order chi connectivity index (χ0) is 15.8. The highest BCUT2D eigenvalue weighted by Crippen LogP contribution is 2.21. The molecule has 0 aliphatic heterocycles. The third kappa shape index (κ3) is 7.16. The van der Waals surface area contributed by atoms with E-state index in [1.54, 1.807) is 6.07 Å². The van der Waals surface area contributed by atoms with Crippen molar-refractivity contribution in [2.75, 3.05) is 13.1 Å². The molecule has 21 heavy (non-hydrogen) atoms. The van der Waals surface area contributed by atoms with Gasteiger partial charge in [-0.15, -0.1) is 0 Å². The van der Waals surface area contributed by atoms with Crippen molar-refractivity contribution in [2.45, 2.75) is 39.7 Å². The van der Waals surface area contributed by atoms with Crippen LogP contribution in [-0.4, -0.2) is 25.0 Å². The number of carbonyl (C=O) groups excluding carboxylic acids is 1. The molecule has 0 saturated carbocycles. The molecule has 3 nitrogen and oxygen atoms in total. The van der Waals surface area contributed by atoms with Crippen LogP contribution < -0.4 is 10.6 Å². The van der Waals surface area contributed by atoms with Crippen LogP contribution in [0.15, 0.2) is 18.2 Å². The van der Waals surface area contributed by atoms with Crippen LogP contribution in [0.5, 0.6) is 0 Å². The summed E-state index contributed by atoms with van der Waals surface area (Å²) in [6, 6.07) is 5.27. The second-order valence-electron chi connectivity index (χ2n) is 5.64. The fraction of sp³-hybridized carbons (Fsp3) is 0.562. The maximum absolute atomic E-state index is 11.9. The molecular formula is C16H24Cl2N2O. The van der Waals surface area contributed by atoms with Gasteiger partial charge >= 0.3 is 0 Å². The number of hydrogen-bond donors (Lipinski definition) is 2. The van der Waals surface area contributed by atoms with Crippen LogP contribution in [0, 0.1) is 5.92 Å². The third-order valence-electron chi connectivity index (χ3n) is 3.27. The Morgan fingerprint density at radius 1 is 1.19 bits per heavy atom. The molecule has 1 aromatic carbocycles. The summed E-state index contributed by atoms with van der Waals surface area (Å²) < 4.78 is 0. The Balaban J connectivity index is 2.29. The fourth-order valence-electron chi connectivity index (χ4n) is 1.88. The molecular weight excluding hydrogens is 307 g/mol. The van der Waals surface area contributed by atoms with E-state index in [0.717, 1.165) is 24.9 Å². The van der Waals surface area contributed by atoms with Crippen LogP contribution in [0.25, 0.3) is 0 Å². The predicted octanol–water partition coefficient (Wildman–Crippen LogP) is 3.68. The summed E-state index contributed by atoms with van der Waals surface area (Å²) in [4.78, 5) is 11.9. The Bertz CT molecular complexity index is 464. The van der Waals surface area contributed by atoms with Gasteiger partial charge in [0.25, 0.3) is 0 Å². The summed E-state index contributed by atoms with van der Waals surface area (Å²) in [5.41, 5.74) is 1.03. The molecule has 0 spiro atoms. The normalized spacial score (nSPS) is 12.5. The first kappa shape index (κ1) is 18.3. The molecule has 0 bridgehead atoms. The fourth-order valence-corrected chi connectivity index (χ4v) is 2.38. The lowest BCUT2D eigenvalue weighted by Crippen LogP contribution is -2.43. The Kier molecular flexibility index (Phi) is 8.09. The SMILES string of the molecule is CC(C)CCNC(=O)C(C)NCCc1ccc(Cl)cc1Cl. The van der Waals surface area contributed by atoms with Gasteiger partial charge in [0.1, 0.15) is 0 Å². The lowest BCUT2D eigenvalue weighted by Gasteiger charge is -2.15. The van der Waals surface area contributed by atoms with Gasteiger partial charge < -0.3 is 10.6 Å². The van der Waals surface area contributed by atoms with Crippen molar-refractivity contribution in [1.82, 2.24) is 10.6 Å². The zero-order valence-corrected chi connectivity index (χ0v) is 14.4. The highest BCUT2D eigenvalue weighted by atomic mass is 35.5. The lowest BCUT2D eigenvalue weighted by molar-refractivity contribution is -0.122. The van der Waals surface area contributed by atoms with Crippen molar-refractivity contribution >= 4 is 29.1 Å². The average Bonchev–Trinajstić information content (AvgIpc) is 2.40. The van der Waals surface area contributed by atoms with Gasteiger partial charge in [0.05, 0.1) is 6.04 Å². The van der Waals surface area contributed by atoms with Gasteiger partial charge in [-0.2, -0.15) is 0 Å². The van der Waals surface area contributed by atoms with E-state index >= 15 is 0 Å². The van der Waals surface area contributed by atoms with Crippen molar-refractivity contribution in [3.8, 4) is 0 Å². The first-order chi connectivity index (χ1) is 9.90. The summed E-state index contributed by atoms with van der Waals surface area (Å²) >= 11 is 12.0. The molecule has 1 rings (SSSR count). The molecule has 0 saturated heterocycles. The van der Waals surface area contributed by atoms with E-state index in [1.165, 1.54) is 0 Å². The van der Waals surface area contributed by atoms with Crippen molar-refractivity contribution in [3.05, 3.63) is 33.8 Å². The number of hydrogen-bond acceptors (Lipinski definition) is 2. The number of amides is 1. The Morgan fingerprint density at radius 3 is 2.52 bits per heavy atom. The van der Waals surface area contributed by atoms with Gasteiger partial charge in [0.2, 0.25) is 5.91 Å². The van der Waals surface area contributed by atoms with E-state index in [2.05, 4.69) is 24.5 Å². The molecule has 0 radical (unpaired) electrons. The van der Waals surface area contributed by atoms with Crippen LogP contribution in [0.1, 0.15) is 32.8 Å². The number of rotatable bonds is 8. The van der Waals surface area contributed by atoms with Crippen LogP contribution >= 0.6 is 23.2 Å².